The molecule has 1 aromatic carbocycles. The van der Waals surface area contributed by atoms with Gasteiger partial charge in [-0.15, -0.1) is 0 Å². The quantitative estimate of drug-likeness (QED) is 0.628. The van der Waals surface area contributed by atoms with Gasteiger partial charge in [-0.2, -0.15) is 0 Å². The molecule has 0 aliphatic carbocycles. The third kappa shape index (κ3) is 3.14. The van der Waals surface area contributed by atoms with Crippen molar-refractivity contribution in [2.45, 2.75) is 25.7 Å². The van der Waals surface area contributed by atoms with Gasteiger partial charge in [-0.3, -0.25) is 4.79 Å². The van der Waals surface area contributed by atoms with Gasteiger partial charge in [0.25, 0.3) is 0 Å². The lowest BCUT2D eigenvalue weighted by Crippen LogP contribution is -2.26. The zero-order valence-electron chi connectivity index (χ0n) is 11.2. The number of aliphatic hydroxyl groups is 1. The van der Waals surface area contributed by atoms with E-state index in [9.17, 15) is 15.0 Å². The summed E-state index contributed by atoms with van der Waals surface area (Å²) in [5, 5.41) is 31.3. The molecule has 0 saturated carbocycles. The summed E-state index contributed by atoms with van der Waals surface area (Å²) < 4.78 is 5.39. The highest BCUT2D eigenvalue weighted by Crippen LogP contribution is 2.40. The van der Waals surface area contributed by atoms with E-state index in [0.717, 1.165) is 6.42 Å². The van der Waals surface area contributed by atoms with Gasteiger partial charge in [-0.05, 0) is 19.3 Å². The lowest BCUT2D eigenvalue weighted by Gasteiger charge is -2.20. The summed E-state index contributed by atoms with van der Waals surface area (Å²) in [6, 6.07) is 1.50. The zero-order valence-corrected chi connectivity index (χ0v) is 11.2. The van der Waals surface area contributed by atoms with Gasteiger partial charge in [0.1, 0.15) is 17.2 Å². The SMILES string of the molecule is O=C(CCc1c(O)cc2c(c1O)CCCO2)NCCO. The van der Waals surface area contributed by atoms with Crippen molar-refractivity contribution in [2.24, 2.45) is 0 Å². The lowest BCUT2D eigenvalue weighted by molar-refractivity contribution is -0.121. The van der Waals surface area contributed by atoms with Crippen molar-refractivity contribution in [3.8, 4) is 17.2 Å². The molecule has 0 radical (unpaired) electrons. The van der Waals surface area contributed by atoms with Gasteiger partial charge in [0.2, 0.25) is 5.91 Å². The topological polar surface area (TPSA) is 99.0 Å². The molecule has 1 aromatic rings. The van der Waals surface area contributed by atoms with Gasteiger partial charge < -0.3 is 25.4 Å². The van der Waals surface area contributed by atoms with Gasteiger partial charge in [0.05, 0.1) is 13.2 Å². The summed E-state index contributed by atoms with van der Waals surface area (Å²) in [6.07, 6.45) is 1.90. The first-order chi connectivity index (χ1) is 9.63. The van der Waals surface area contributed by atoms with Crippen LogP contribution in [0.3, 0.4) is 0 Å². The number of fused-ring (bicyclic) bond motifs is 1. The van der Waals surface area contributed by atoms with Crippen LogP contribution in [0, 0.1) is 0 Å². The maximum absolute atomic E-state index is 11.5. The number of amides is 1. The fraction of sp³-hybridized carbons (Fsp3) is 0.500. The average molecular weight is 281 g/mol. The fourth-order valence-corrected chi connectivity index (χ4v) is 2.29. The normalized spacial score (nSPS) is 13.4. The number of phenolic OH excluding ortho intramolecular Hbond substituents is 2. The predicted octanol–water partition coefficient (Wildman–Crippen LogP) is 0.464. The second-order valence-electron chi connectivity index (χ2n) is 4.73. The van der Waals surface area contributed by atoms with E-state index >= 15 is 0 Å². The van der Waals surface area contributed by atoms with Crippen molar-refractivity contribution >= 4 is 5.91 Å². The van der Waals surface area contributed by atoms with E-state index < -0.39 is 0 Å². The standard InChI is InChI=1S/C14H19NO5/c16-6-5-15-13(18)4-3-9-11(17)8-12-10(14(9)19)2-1-7-20-12/h8,16-17,19H,1-7H2,(H,15,18). The lowest BCUT2D eigenvalue weighted by atomic mass is 9.98. The second kappa shape index (κ2) is 6.47. The van der Waals surface area contributed by atoms with Crippen molar-refractivity contribution in [3.63, 3.8) is 0 Å². The van der Waals surface area contributed by atoms with E-state index in [4.69, 9.17) is 9.84 Å². The highest BCUT2D eigenvalue weighted by atomic mass is 16.5. The molecule has 2 rings (SSSR count). The minimum absolute atomic E-state index is 0.0228. The second-order valence-corrected chi connectivity index (χ2v) is 4.73. The van der Waals surface area contributed by atoms with Crippen LogP contribution < -0.4 is 10.1 Å². The Labute approximate surface area is 117 Å². The van der Waals surface area contributed by atoms with E-state index in [-0.39, 0.29) is 43.4 Å². The number of aromatic hydroxyl groups is 2. The summed E-state index contributed by atoms with van der Waals surface area (Å²) in [5.41, 5.74) is 1.06. The molecule has 6 heteroatoms. The van der Waals surface area contributed by atoms with E-state index in [2.05, 4.69) is 5.32 Å². The monoisotopic (exact) mass is 281 g/mol. The Morgan fingerprint density at radius 3 is 2.95 bits per heavy atom. The Morgan fingerprint density at radius 1 is 1.40 bits per heavy atom. The number of aliphatic hydroxyl groups excluding tert-OH is 1. The number of benzene rings is 1. The van der Waals surface area contributed by atoms with Gasteiger partial charge >= 0.3 is 0 Å². The van der Waals surface area contributed by atoms with Crippen LogP contribution in [0.1, 0.15) is 24.0 Å². The molecule has 0 spiro atoms. The molecule has 1 aliphatic heterocycles. The van der Waals surface area contributed by atoms with E-state index in [1.807, 2.05) is 0 Å². The van der Waals surface area contributed by atoms with Gasteiger partial charge in [-0.1, -0.05) is 0 Å². The molecule has 0 unspecified atom stereocenters. The molecule has 6 nitrogen and oxygen atoms in total. The minimum atomic E-state index is -0.230. The molecule has 0 atom stereocenters. The number of carbonyl (C=O) groups excluding carboxylic acids is 1. The predicted molar refractivity (Wildman–Crippen MR) is 72.0 cm³/mol. The van der Waals surface area contributed by atoms with Gasteiger partial charge in [0.15, 0.2) is 0 Å². The van der Waals surface area contributed by atoms with E-state index in [1.54, 1.807) is 0 Å². The third-order valence-corrected chi connectivity index (χ3v) is 3.31. The first-order valence-electron chi connectivity index (χ1n) is 6.70. The molecule has 1 amide bonds. The number of hydrogen-bond acceptors (Lipinski definition) is 5. The summed E-state index contributed by atoms with van der Waals surface area (Å²) in [4.78, 5) is 11.5. The molecule has 20 heavy (non-hydrogen) atoms. The van der Waals surface area contributed by atoms with Crippen LogP contribution >= 0.6 is 0 Å². The van der Waals surface area contributed by atoms with Crippen LogP contribution in [-0.2, 0) is 17.6 Å². The summed E-state index contributed by atoms with van der Waals surface area (Å²) >= 11 is 0. The molecule has 1 aliphatic rings. The van der Waals surface area contributed by atoms with Crippen molar-refractivity contribution in [3.05, 3.63) is 17.2 Å². The van der Waals surface area contributed by atoms with Crippen molar-refractivity contribution < 1.29 is 24.9 Å². The first kappa shape index (κ1) is 14.5. The van der Waals surface area contributed by atoms with Crippen LogP contribution in [0.25, 0.3) is 0 Å². The Hall–Kier alpha value is -1.95. The zero-order chi connectivity index (χ0) is 14.5. The smallest absolute Gasteiger partial charge is 0.220 e. The molecule has 4 N–H and O–H groups in total. The van der Waals surface area contributed by atoms with Gasteiger partial charge in [0, 0.05) is 30.2 Å². The average Bonchev–Trinajstić information content (AvgIpc) is 2.45. The Bertz CT molecular complexity index is 501. The maximum Gasteiger partial charge on any atom is 0.220 e. The highest BCUT2D eigenvalue weighted by molar-refractivity contribution is 5.76. The number of phenols is 2. The molecule has 110 valence electrons. The van der Waals surface area contributed by atoms with Crippen LogP contribution in [0.15, 0.2) is 6.07 Å². The summed E-state index contributed by atoms with van der Waals surface area (Å²) in [6.45, 7) is 0.669. The molecule has 0 saturated heterocycles. The number of ether oxygens (including phenoxy) is 1. The van der Waals surface area contributed by atoms with E-state index in [0.29, 0.717) is 29.9 Å². The van der Waals surface area contributed by atoms with Crippen molar-refractivity contribution in [2.75, 3.05) is 19.8 Å². The molecular weight excluding hydrogens is 262 g/mol. The summed E-state index contributed by atoms with van der Waals surface area (Å²) in [5.74, 6) is 0.249. The third-order valence-electron chi connectivity index (χ3n) is 3.31. The molecule has 0 fully saturated rings. The number of nitrogens with one attached hydrogen (secondary N) is 1. The molecule has 1 heterocycles. The number of rotatable bonds is 5. The largest absolute Gasteiger partial charge is 0.507 e. The minimum Gasteiger partial charge on any atom is -0.507 e. The Kier molecular flexibility index (Phi) is 4.68. The molecule has 0 aromatic heterocycles. The van der Waals surface area contributed by atoms with E-state index in [1.165, 1.54) is 6.07 Å². The van der Waals surface area contributed by atoms with Gasteiger partial charge in [-0.25, -0.2) is 0 Å². The van der Waals surface area contributed by atoms with Crippen molar-refractivity contribution in [1.29, 1.82) is 0 Å². The fourth-order valence-electron chi connectivity index (χ4n) is 2.29. The first-order valence-corrected chi connectivity index (χ1v) is 6.70. The Morgan fingerprint density at radius 2 is 2.20 bits per heavy atom. The highest BCUT2D eigenvalue weighted by Gasteiger charge is 2.21. The van der Waals surface area contributed by atoms with Crippen LogP contribution in [0.2, 0.25) is 0 Å². The molecule has 0 bridgehead atoms. The van der Waals surface area contributed by atoms with Crippen LogP contribution in [-0.4, -0.2) is 41.0 Å². The Balaban J connectivity index is 2.10. The van der Waals surface area contributed by atoms with Crippen LogP contribution in [0.5, 0.6) is 17.2 Å². The van der Waals surface area contributed by atoms with Crippen molar-refractivity contribution in [1.82, 2.24) is 5.32 Å². The summed E-state index contributed by atoms with van der Waals surface area (Å²) in [7, 11) is 0. The van der Waals surface area contributed by atoms with Crippen LogP contribution in [0.4, 0.5) is 0 Å². The molecular formula is C14H19NO5. The number of hydrogen-bond donors (Lipinski definition) is 4. The maximum atomic E-state index is 11.5. The number of carbonyl (C=O) groups is 1.